The molecule has 2 heterocycles. The average molecular weight is 287 g/mol. The average Bonchev–Trinajstić information content (AvgIpc) is 3.12. The molecule has 3 rings (SSSR count). The van der Waals surface area contributed by atoms with E-state index in [2.05, 4.69) is 16.5 Å². The third kappa shape index (κ3) is 3.24. The number of para-hydroxylation sites is 1. The van der Waals surface area contributed by atoms with Crippen LogP contribution in [0, 0.1) is 6.92 Å². The van der Waals surface area contributed by atoms with Gasteiger partial charge in [-0.3, -0.25) is 9.48 Å². The fourth-order valence-corrected chi connectivity index (χ4v) is 2.79. The number of carbonyl (C=O) groups excluding carboxylic acids is 1. The van der Waals surface area contributed by atoms with Crippen molar-refractivity contribution in [2.45, 2.75) is 38.8 Å². The highest BCUT2D eigenvalue weighted by Crippen LogP contribution is 2.17. The summed E-state index contributed by atoms with van der Waals surface area (Å²) in [6.45, 7) is 4.04. The number of amides is 1. The molecule has 1 aromatic heterocycles. The van der Waals surface area contributed by atoms with Crippen LogP contribution in [-0.4, -0.2) is 34.9 Å². The molecular formula is C16H21N3O2. The van der Waals surface area contributed by atoms with Crippen LogP contribution in [0.5, 0.6) is 0 Å². The fourth-order valence-electron chi connectivity index (χ4n) is 2.79. The van der Waals surface area contributed by atoms with Crippen molar-refractivity contribution >= 4 is 16.8 Å². The second kappa shape index (κ2) is 6.26. The number of carbonyl (C=O) groups is 1. The Labute approximate surface area is 124 Å². The molecule has 0 saturated carbocycles. The maximum atomic E-state index is 11.9. The van der Waals surface area contributed by atoms with E-state index in [1.165, 1.54) is 0 Å². The normalized spacial score (nSPS) is 18.2. The molecule has 1 aliphatic heterocycles. The van der Waals surface area contributed by atoms with Gasteiger partial charge in [-0.25, -0.2) is 0 Å². The maximum Gasteiger partial charge on any atom is 0.221 e. The Morgan fingerprint density at radius 2 is 2.33 bits per heavy atom. The standard InChI is InChI=1S/C16H21N3O2/c1-12-14-6-2-3-7-15(14)19(18-12)9-8-16(20)17-11-13-5-4-10-21-13/h2-3,6-7,13H,4-5,8-11H2,1H3,(H,17,20)/t13-/m0/s1. The van der Waals surface area contributed by atoms with E-state index in [4.69, 9.17) is 4.74 Å². The Kier molecular flexibility index (Phi) is 4.20. The summed E-state index contributed by atoms with van der Waals surface area (Å²) >= 11 is 0. The topological polar surface area (TPSA) is 56.2 Å². The van der Waals surface area contributed by atoms with E-state index < -0.39 is 0 Å². The van der Waals surface area contributed by atoms with Gasteiger partial charge in [0.1, 0.15) is 0 Å². The number of hydrogen-bond donors (Lipinski definition) is 1. The van der Waals surface area contributed by atoms with Gasteiger partial charge in [-0.15, -0.1) is 0 Å². The van der Waals surface area contributed by atoms with E-state index in [0.717, 1.165) is 36.0 Å². The molecule has 112 valence electrons. The monoisotopic (exact) mass is 287 g/mol. The first-order valence-corrected chi connectivity index (χ1v) is 7.54. The number of aryl methyl sites for hydroxylation is 2. The SMILES string of the molecule is Cc1nn(CCC(=O)NC[C@@H]2CCCO2)c2ccccc12. The van der Waals surface area contributed by atoms with E-state index in [1.54, 1.807) is 0 Å². The molecule has 1 fully saturated rings. The van der Waals surface area contributed by atoms with Crippen LogP contribution in [0.2, 0.25) is 0 Å². The van der Waals surface area contributed by atoms with Crippen LogP contribution in [0.4, 0.5) is 0 Å². The van der Waals surface area contributed by atoms with Crippen molar-refractivity contribution in [3.8, 4) is 0 Å². The molecule has 0 bridgehead atoms. The quantitative estimate of drug-likeness (QED) is 0.915. The summed E-state index contributed by atoms with van der Waals surface area (Å²) in [5.41, 5.74) is 2.09. The summed E-state index contributed by atoms with van der Waals surface area (Å²) in [6.07, 6.45) is 2.78. The Hall–Kier alpha value is -1.88. The summed E-state index contributed by atoms with van der Waals surface area (Å²) in [4.78, 5) is 11.9. The zero-order chi connectivity index (χ0) is 14.7. The van der Waals surface area contributed by atoms with Crippen molar-refractivity contribution < 1.29 is 9.53 Å². The van der Waals surface area contributed by atoms with E-state index in [9.17, 15) is 4.79 Å². The molecule has 21 heavy (non-hydrogen) atoms. The molecule has 5 nitrogen and oxygen atoms in total. The fraction of sp³-hybridized carbons (Fsp3) is 0.500. The number of nitrogens with one attached hydrogen (secondary N) is 1. The van der Waals surface area contributed by atoms with Crippen LogP contribution in [-0.2, 0) is 16.1 Å². The Bertz CT molecular complexity index is 629. The molecular weight excluding hydrogens is 266 g/mol. The lowest BCUT2D eigenvalue weighted by molar-refractivity contribution is -0.121. The highest BCUT2D eigenvalue weighted by atomic mass is 16.5. The predicted octanol–water partition coefficient (Wildman–Crippen LogP) is 2.03. The summed E-state index contributed by atoms with van der Waals surface area (Å²) in [5.74, 6) is 0.0581. The minimum absolute atomic E-state index is 0.0581. The molecule has 1 amide bonds. The van der Waals surface area contributed by atoms with Crippen LogP contribution in [0.25, 0.3) is 10.9 Å². The van der Waals surface area contributed by atoms with Crippen molar-refractivity contribution in [2.24, 2.45) is 0 Å². The largest absolute Gasteiger partial charge is 0.376 e. The molecule has 1 saturated heterocycles. The van der Waals surface area contributed by atoms with E-state index in [-0.39, 0.29) is 12.0 Å². The molecule has 5 heteroatoms. The maximum absolute atomic E-state index is 11.9. The second-order valence-electron chi connectivity index (χ2n) is 5.51. The van der Waals surface area contributed by atoms with Crippen LogP contribution in [0.3, 0.4) is 0 Å². The first kappa shape index (κ1) is 14.1. The Morgan fingerprint density at radius 1 is 1.48 bits per heavy atom. The molecule has 0 radical (unpaired) electrons. The number of hydrogen-bond acceptors (Lipinski definition) is 3. The zero-order valence-corrected chi connectivity index (χ0v) is 12.3. The molecule has 1 atom stereocenters. The van der Waals surface area contributed by atoms with Crippen LogP contribution >= 0.6 is 0 Å². The highest BCUT2D eigenvalue weighted by molar-refractivity contribution is 5.82. The van der Waals surface area contributed by atoms with Gasteiger partial charge in [-0.05, 0) is 25.8 Å². The van der Waals surface area contributed by atoms with Crippen molar-refractivity contribution in [1.82, 2.24) is 15.1 Å². The third-order valence-electron chi connectivity index (χ3n) is 3.94. The summed E-state index contributed by atoms with van der Waals surface area (Å²) in [5, 5.41) is 8.61. The number of benzene rings is 1. The van der Waals surface area contributed by atoms with Crippen LogP contribution in [0.1, 0.15) is 25.0 Å². The number of nitrogens with zero attached hydrogens (tertiary/aromatic N) is 2. The molecule has 0 spiro atoms. The van der Waals surface area contributed by atoms with Crippen molar-refractivity contribution in [3.05, 3.63) is 30.0 Å². The number of ether oxygens (including phenoxy) is 1. The van der Waals surface area contributed by atoms with Crippen molar-refractivity contribution in [2.75, 3.05) is 13.2 Å². The van der Waals surface area contributed by atoms with Crippen LogP contribution in [0.15, 0.2) is 24.3 Å². The molecule has 0 aliphatic carbocycles. The first-order valence-electron chi connectivity index (χ1n) is 7.54. The summed E-state index contributed by atoms with van der Waals surface area (Å²) < 4.78 is 7.41. The van der Waals surface area contributed by atoms with Crippen molar-refractivity contribution in [3.63, 3.8) is 0 Å². The highest BCUT2D eigenvalue weighted by Gasteiger charge is 2.16. The third-order valence-corrected chi connectivity index (χ3v) is 3.94. The first-order chi connectivity index (χ1) is 10.2. The Morgan fingerprint density at radius 3 is 3.14 bits per heavy atom. The van der Waals surface area contributed by atoms with Gasteiger partial charge in [0.15, 0.2) is 0 Å². The van der Waals surface area contributed by atoms with Gasteiger partial charge >= 0.3 is 0 Å². The molecule has 1 aromatic carbocycles. The van der Waals surface area contributed by atoms with Gasteiger partial charge in [0, 0.05) is 25.0 Å². The van der Waals surface area contributed by atoms with Gasteiger partial charge < -0.3 is 10.1 Å². The second-order valence-corrected chi connectivity index (χ2v) is 5.51. The lowest BCUT2D eigenvalue weighted by Gasteiger charge is -2.10. The van der Waals surface area contributed by atoms with E-state index in [1.807, 2.05) is 29.8 Å². The molecule has 0 unspecified atom stereocenters. The number of fused-ring (bicyclic) bond motifs is 1. The van der Waals surface area contributed by atoms with Gasteiger partial charge in [-0.1, -0.05) is 18.2 Å². The predicted molar refractivity (Wildman–Crippen MR) is 81.1 cm³/mol. The van der Waals surface area contributed by atoms with Gasteiger partial charge in [0.25, 0.3) is 0 Å². The summed E-state index contributed by atoms with van der Waals surface area (Å²) in [7, 11) is 0. The zero-order valence-electron chi connectivity index (χ0n) is 12.3. The van der Waals surface area contributed by atoms with E-state index in [0.29, 0.717) is 19.5 Å². The molecule has 2 aromatic rings. The summed E-state index contributed by atoms with van der Waals surface area (Å²) in [6, 6.07) is 8.11. The minimum Gasteiger partial charge on any atom is -0.376 e. The number of aromatic nitrogens is 2. The lowest BCUT2D eigenvalue weighted by atomic mass is 10.2. The van der Waals surface area contributed by atoms with E-state index >= 15 is 0 Å². The van der Waals surface area contributed by atoms with Gasteiger partial charge in [0.05, 0.1) is 23.9 Å². The smallest absolute Gasteiger partial charge is 0.221 e. The van der Waals surface area contributed by atoms with Gasteiger partial charge in [-0.2, -0.15) is 5.10 Å². The lowest BCUT2D eigenvalue weighted by Crippen LogP contribution is -2.32. The molecule has 1 N–H and O–H groups in total. The Balaban J connectivity index is 1.55. The van der Waals surface area contributed by atoms with Gasteiger partial charge in [0.2, 0.25) is 5.91 Å². The van der Waals surface area contributed by atoms with Crippen molar-refractivity contribution in [1.29, 1.82) is 0 Å². The molecule has 1 aliphatic rings. The van der Waals surface area contributed by atoms with Crippen LogP contribution < -0.4 is 5.32 Å². The number of rotatable bonds is 5. The minimum atomic E-state index is 0.0581.